The quantitative estimate of drug-likeness (QED) is 0.186. The van der Waals surface area contributed by atoms with E-state index in [2.05, 4.69) is 109 Å². The summed E-state index contributed by atoms with van der Waals surface area (Å²) in [6.07, 6.45) is 0. The number of hydrogen-bond acceptors (Lipinski definition) is 4. The molecule has 0 saturated heterocycles. The first-order valence-electron chi connectivity index (χ1n) is 18.0. The van der Waals surface area contributed by atoms with E-state index in [9.17, 15) is 0 Å². The molecular weight excluding hydrogens is 649 g/mol. The van der Waals surface area contributed by atoms with Gasteiger partial charge in [0.15, 0.2) is 17.5 Å². The lowest BCUT2D eigenvalue weighted by Gasteiger charge is -2.34. The van der Waals surface area contributed by atoms with Gasteiger partial charge in [0.25, 0.3) is 0 Å². The van der Waals surface area contributed by atoms with Crippen LogP contribution in [0.1, 0.15) is 25.0 Å². The van der Waals surface area contributed by atoms with Crippen molar-refractivity contribution < 1.29 is 4.42 Å². The van der Waals surface area contributed by atoms with Crippen molar-refractivity contribution in [2.45, 2.75) is 19.3 Å². The van der Waals surface area contributed by atoms with E-state index in [1.54, 1.807) is 0 Å². The first kappa shape index (κ1) is 29.8. The van der Waals surface area contributed by atoms with E-state index in [1.807, 2.05) is 66.7 Å². The van der Waals surface area contributed by atoms with Crippen LogP contribution < -0.4 is 0 Å². The van der Waals surface area contributed by atoms with Crippen LogP contribution in [0.2, 0.25) is 0 Å². The van der Waals surface area contributed by atoms with Crippen LogP contribution in [0.15, 0.2) is 162 Å². The molecule has 0 bridgehead atoms. The molecule has 5 heteroatoms. The number of rotatable bonds is 4. The van der Waals surface area contributed by atoms with Crippen molar-refractivity contribution >= 4 is 43.7 Å². The first-order valence-corrected chi connectivity index (χ1v) is 18.0. The second-order valence-corrected chi connectivity index (χ2v) is 14.5. The zero-order valence-corrected chi connectivity index (χ0v) is 29.2. The molecule has 0 radical (unpaired) electrons. The number of nitrogens with zero attached hydrogens (tertiary/aromatic N) is 4. The maximum atomic E-state index is 6.48. The minimum absolute atomic E-state index is 0.0888. The summed E-state index contributed by atoms with van der Waals surface area (Å²) in [5.41, 5.74) is 13.1. The molecule has 0 N–H and O–H groups in total. The Hall–Kier alpha value is -6.85. The summed E-state index contributed by atoms with van der Waals surface area (Å²) in [6.45, 7) is 4.68. The van der Waals surface area contributed by atoms with Crippen LogP contribution in [0, 0.1) is 0 Å². The monoisotopic (exact) mass is 680 g/mol. The van der Waals surface area contributed by atoms with Crippen LogP contribution in [0.25, 0.3) is 94.7 Å². The maximum Gasteiger partial charge on any atom is 0.164 e. The molecule has 10 aromatic rings. The molecule has 53 heavy (non-hydrogen) atoms. The molecule has 0 atom stereocenters. The van der Waals surface area contributed by atoms with Gasteiger partial charge in [-0.1, -0.05) is 129 Å². The summed E-state index contributed by atoms with van der Waals surface area (Å²) in [5.74, 6) is 1.87. The Morgan fingerprint density at radius 1 is 0.434 bits per heavy atom. The highest BCUT2D eigenvalue weighted by Crippen LogP contribution is 2.48. The number of benzene rings is 7. The Morgan fingerprint density at radius 3 is 1.77 bits per heavy atom. The Kier molecular flexibility index (Phi) is 6.23. The van der Waals surface area contributed by atoms with Crippen molar-refractivity contribution in [1.29, 1.82) is 0 Å². The molecule has 3 aromatic heterocycles. The molecule has 11 rings (SSSR count). The SMILES string of the molecule is CC1(C)c2ccccc2-n2c3ccc(-c4ccc5oc6cc(-c7nc(-c8ccccc8)nc(-c8ccccc8)n7)ccc6c5c4)cc3c3cccc1c32. The van der Waals surface area contributed by atoms with Crippen LogP contribution in [0.3, 0.4) is 0 Å². The number of aromatic nitrogens is 4. The van der Waals surface area contributed by atoms with E-state index in [-0.39, 0.29) is 5.41 Å². The lowest BCUT2D eigenvalue weighted by atomic mass is 9.75. The summed E-state index contributed by atoms with van der Waals surface area (Å²) in [5, 5.41) is 4.68. The van der Waals surface area contributed by atoms with Gasteiger partial charge in [0.05, 0.1) is 16.7 Å². The normalized spacial score (nSPS) is 13.2. The lowest BCUT2D eigenvalue weighted by molar-refractivity contribution is 0.630. The smallest absolute Gasteiger partial charge is 0.164 e. The fourth-order valence-corrected chi connectivity index (χ4v) is 8.38. The molecule has 7 aromatic carbocycles. The Bertz CT molecular complexity index is 3020. The van der Waals surface area contributed by atoms with Gasteiger partial charge in [-0.15, -0.1) is 0 Å². The standard InChI is InChI=1S/C48H32N4O/c1-48(2)38-17-9-10-19-41(38)52-40-24-21-31(26-36(40)35-16-11-18-39(48)44(35)52)32-22-25-42-37(27-32)34-23-20-33(28-43(34)53-42)47-50-45(29-12-5-3-6-13-29)49-46(51-47)30-14-7-4-8-15-30/h3-28H,1-2H3. The van der Waals surface area contributed by atoms with Gasteiger partial charge in [0, 0.05) is 43.7 Å². The predicted molar refractivity (Wildman–Crippen MR) is 215 cm³/mol. The summed E-state index contributed by atoms with van der Waals surface area (Å²) in [7, 11) is 0. The van der Waals surface area contributed by atoms with Crippen molar-refractivity contribution in [3.05, 3.63) is 169 Å². The summed E-state index contributed by atoms with van der Waals surface area (Å²) >= 11 is 0. The molecule has 0 unspecified atom stereocenters. The van der Waals surface area contributed by atoms with Gasteiger partial charge in [-0.05, 0) is 64.7 Å². The van der Waals surface area contributed by atoms with Crippen molar-refractivity contribution in [3.8, 4) is 51.0 Å². The summed E-state index contributed by atoms with van der Waals surface area (Å²) in [6, 6.07) is 55.4. The van der Waals surface area contributed by atoms with Gasteiger partial charge in [-0.2, -0.15) is 0 Å². The van der Waals surface area contributed by atoms with Gasteiger partial charge in [0.1, 0.15) is 11.2 Å². The number of fused-ring (bicyclic) bond motifs is 8. The number of furan rings is 1. The lowest BCUT2D eigenvalue weighted by Crippen LogP contribution is -2.26. The third-order valence-corrected chi connectivity index (χ3v) is 11.0. The zero-order valence-electron chi connectivity index (χ0n) is 29.2. The molecule has 0 spiro atoms. The largest absolute Gasteiger partial charge is 0.456 e. The van der Waals surface area contributed by atoms with Gasteiger partial charge < -0.3 is 8.98 Å². The minimum Gasteiger partial charge on any atom is -0.456 e. The van der Waals surface area contributed by atoms with Crippen molar-refractivity contribution in [1.82, 2.24) is 19.5 Å². The third kappa shape index (κ3) is 4.47. The van der Waals surface area contributed by atoms with Crippen LogP contribution in [-0.4, -0.2) is 19.5 Å². The molecule has 5 nitrogen and oxygen atoms in total. The fourth-order valence-electron chi connectivity index (χ4n) is 8.38. The van der Waals surface area contributed by atoms with Gasteiger partial charge in [-0.25, -0.2) is 15.0 Å². The second-order valence-electron chi connectivity index (χ2n) is 14.5. The van der Waals surface area contributed by atoms with Gasteiger partial charge in [-0.3, -0.25) is 0 Å². The first-order chi connectivity index (χ1) is 26.0. The minimum atomic E-state index is -0.0888. The molecule has 0 aliphatic carbocycles. The number of hydrogen-bond donors (Lipinski definition) is 0. The summed E-state index contributed by atoms with van der Waals surface area (Å²) in [4.78, 5) is 14.7. The molecule has 4 heterocycles. The molecular formula is C48H32N4O. The average molecular weight is 681 g/mol. The van der Waals surface area contributed by atoms with Crippen molar-refractivity contribution in [2.75, 3.05) is 0 Å². The van der Waals surface area contributed by atoms with Crippen molar-refractivity contribution in [2.24, 2.45) is 0 Å². The van der Waals surface area contributed by atoms with E-state index in [1.165, 1.54) is 44.2 Å². The zero-order chi connectivity index (χ0) is 35.3. The van der Waals surface area contributed by atoms with Crippen LogP contribution >= 0.6 is 0 Å². The fraction of sp³-hybridized carbons (Fsp3) is 0.0625. The molecule has 0 fully saturated rings. The molecule has 1 aliphatic rings. The van der Waals surface area contributed by atoms with Crippen molar-refractivity contribution in [3.63, 3.8) is 0 Å². The van der Waals surface area contributed by atoms with Gasteiger partial charge in [0.2, 0.25) is 0 Å². The number of para-hydroxylation sites is 2. The maximum absolute atomic E-state index is 6.48. The van der Waals surface area contributed by atoms with E-state index in [0.717, 1.165) is 44.2 Å². The van der Waals surface area contributed by atoms with Crippen LogP contribution in [-0.2, 0) is 5.41 Å². The highest BCUT2D eigenvalue weighted by molar-refractivity contribution is 6.13. The van der Waals surface area contributed by atoms with E-state index >= 15 is 0 Å². The van der Waals surface area contributed by atoms with Crippen LogP contribution in [0.4, 0.5) is 0 Å². The predicted octanol–water partition coefficient (Wildman–Crippen LogP) is 12.2. The Morgan fingerprint density at radius 2 is 1.04 bits per heavy atom. The Labute approximate surface area is 305 Å². The molecule has 0 amide bonds. The van der Waals surface area contributed by atoms with E-state index in [4.69, 9.17) is 19.4 Å². The highest BCUT2D eigenvalue weighted by Gasteiger charge is 2.34. The van der Waals surface area contributed by atoms with Crippen LogP contribution in [0.5, 0.6) is 0 Å². The highest BCUT2D eigenvalue weighted by atomic mass is 16.3. The second kappa shape index (κ2) is 11.1. The van der Waals surface area contributed by atoms with Gasteiger partial charge >= 0.3 is 0 Å². The third-order valence-electron chi connectivity index (χ3n) is 11.0. The van der Waals surface area contributed by atoms with E-state index in [0.29, 0.717) is 17.5 Å². The molecule has 0 saturated carbocycles. The average Bonchev–Trinajstić information content (AvgIpc) is 3.75. The summed E-state index contributed by atoms with van der Waals surface area (Å²) < 4.78 is 8.94. The Balaban J connectivity index is 1.03. The molecule has 1 aliphatic heterocycles. The molecule has 250 valence electrons. The van der Waals surface area contributed by atoms with E-state index < -0.39 is 0 Å². The topological polar surface area (TPSA) is 56.7 Å².